The van der Waals surface area contributed by atoms with Gasteiger partial charge in [-0.05, 0) is 43.7 Å². The van der Waals surface area contributed by atoms with Gasteiger partial charge in [-0.3, -0.25) is 4.21 Å². The lowest BCUT2D eigenvalue weighted by atomic mass is 9.77. The van der Waals surface area contributed by atoms with E-state index in [2.05, 4.69) is 15.3 Å². The van der Waals surface area contributed by atoms with Gasteiger partial charge < -0.3 is 10.4 Å². The number of hydrogen-bond acceptors (Lipinski definition) is 5. The topological polar surface area (TPSA) is 75.1 Å². The Hall–Kier alpha value is -0.720. The minimum Gasteiger partial charge on any atom is -0.394 e. The summed E-state index contributed by atoms with van der Waals surface area (Å²) in [6.45, 7) is 0.0567. The van der Waals surface area contributed by atoms with E-state index in [0.717, 1.165) is 44.2 Å². The molecular formula is C13H16ClN3O2S. The lowest BCUT2D eigenvalue weighted by Gasteiger charge is -2.41. The minimum absolute atomic E-state index is 0.0567. The first-order valence-electron chi connectivity index (χ1n) is 6.95. The molecule has 1 atom stereocenters. The number of aliphatic hydroxyl groups is 1. The highest BCUT2D eigenvalue weighted by molar-refractivity contribution is 7.87. The summed E-state index contributed by atoms with van der Waals surface area (Å²) in [4.78, 5) is 9.22. The molecule has 3 aliphatic rings. The van der Waals surface area contributed by atoms with Gasteiger partial charge in [-0.2, -0.15) is 4.98 Å². The molecule has 1 spiro atoms. The molecule has 2 heterocycles. The number of aromatic nitrogens is 2. The van der Waals surface area contributed by atoms with Crippen molar-refractivity contribution in [2.24, 2.45) is 0 Å². The third-order valence-electron chi connectivity index (χ3n) is 4.78. The van der Waals surface area contributed by atoms with Crippen molar-refractivity contribution in [3.63, 3.8) is 0 Å². The molecule has 2 fully saturated rings. The smallest absolute Gasteiger partial charge is 0.224 e. The quantitative estimate of drug-likeness (QED) is 0.830. The fourth-order valence-corrected chi connectivity index (χ4v) is 5.10. The highest BCUT2D eigenvalue weighted by Crippen LogP contribution is 2.53. The van der Waals surface area contributed by atoms with Crippen LogP contribution in [-0.2, 0) is 17.2 Å². The molecule has 0 radical (unpaired) electrons. The number of aliphatic hydroxyl groups excluding tert-OH is 1. The zero-order valence-electron chi connectivity index (χ0n) is 11.0. The Morgan fingerprint density at radius 3 is 2.60 bits per heavy atom. The summed E-state index contributed by atoms with van der Waals surface area (Å²) in [6.07, 6.45) is 5.59. The number of nitrogens with zero attached hydrogens (tertiary/aromatic N) is 2. The number of halogens is 1. The van der Waals surface area contributed by atoms with Crippen LogP contribution < -0.4 is 5.32 Å². The predicted octanol–water partition coefficient (Wildman–Crippen LogP) is 1.65. The van der Waals surface area contributed by atoms with Crippen LogP contribution in [0.2, 0.25) is 5.28 Å². The summed E-state index contributed by atoms with van der Waals surface area (Å²) < 4.78 is 12.6. The lowest BCUT2D eigenvalue weighted by molar-refractivity contribution is 0.143. The second-order valence-corrected chi connectivity index (χ2v) is 8.31. The van der Waals surface area contributed by atoms with Gasteiger partial charge >= 0.3 is 0 Å². The van der Waals surface area contributed by atoms with Gasteiger partial charge in [0.05, 0.1) is 33.4 Å². The van der Waals surface area contributed by atoms with E-state index in [1.807, 2.05) is 0 Å². The highest BCUT2D eigenvalue weighted by atomic mass is 35.5. The van der Waals surface area contributed by atoms with Crippen LogP contribution in [0.1, 0.15) is 37.8 Å². The summed E-state index contributed by atoms with van der Waals surface area (Å²) in [6, 6.07) is 0. The normalized spacial score (nSPS) is 28.0. The van der Waals surface area contributed by atoms with Crippen molar-refractivity contribution in [2.45, 2.75) is 53.7 Å². The molecule has 0 saturated heterocycles. The molecule has 5 nitrogen and oxygen atoms in total. The van der Waals surface area contributed by atoms with E-state index < -0.39 is 10.8 Å². The molecule has 4 rings (SSSR count). The second kappa shape index (κ2) is 4.15. The van der Waals surface area contributed by atoms with Crippen LogP contribution in [0.4, 0.5) is 5.82 Å². The zero-order chi connectivity index (χ0) is 14.0. The van der Waals surface area contributed by atoms with Crippen molar-refractivity contribution in [1.82, 2.24) is 9.97 Å². The average molecular weight is 314 g/mol. The van der Waals surface area contributed by atoms with Crippen molar-refractivity contribution in [2.75, 3.05) is 11.9 Å². The van der Waals surface area contributed by atoms with E-state index in [9.17, 15) is 9.32 Å². The van der Waals surface area contributed by atoms with E-state index in [-0.39, 0.29) is 22.2 Å². The summed E-state index contributed by atoms with van der Waals surface area (Å²) in [7, 11) is -1.06. The van der Waals surface area contributed by atoms with Crippen molar-refractivity contribution >= 4 is 28.2 Å². The Bertz CT molecular complexity index is 608. The Kier molecular flexibility index (Phi) is 2.69. The minimum atomic E-state index is -1.06. The molecule has 0 aromatic carbocycles. The average Bonchev–Trinajstić information content (AvgIpc) is 3.07. The molecule has 1 aromatic heterocycles. The number of rotatable bonds is 3. The number of anilines is 1. The van der Waals surface area contributed by atoms with E-state index >= 15 is 0 Å². The predicted molar refractivity (Wildman–Crippen MR) is 76.4 cm³/mol. The molecule has 20 heavy (non-hydrogen) atoms. The van der Waals surface area contributed by atoms with Crippen LogP contribution in [-0.4, -0.2) is 36.2 Å². The first kappa shape index (κ1) is 13.0. The van der Waals surface area contributed by atoms with Gasteiger partial charge in [0, 0.05) is 6.42 Å². The standard InChI is InChI=1S/C13H16ClN3O2S/c14-11-15-8-6-13(4-5-13)20(19)9(8)10(16-11)17-12(7-18)2-1-3-12/h18H,1-7H2,(H,15,16,17). The van der Waals surface area contributed by atoms with Gasteiger partial charge in [0.1, 0.15) is 10.7 Å². The van der Waals surface area contributed by atoms with E-state index in [4.69, 9.17) is 11.6 Å². The Labute approximate surface area is 124 Å². The Balaban J connectivity index is 1.75. The van der Waals surface area contributed by atoms with Crippen LogP contribution >= 0.6 is 11.6 Å². The molecular weight excluding hydrogens is 298 g/mol. The van der Waals surface area contributed by atoms with Gasteiger partial charge in [-0.1, -0.05) is 0 Å². The fourth-order valence-electron chi connectivity index (χ4n) is 3.13. The maximum absolute atomic E-state index is 12.7. The van der Waals surface area contributed by atoms with E-state index in [1.165, 1.54) is 0 Å². The fraction of sp³-hybridized carbons (Fsp3) is 0.692. The molecule has 1 aromatic rings. The Morgan fingerprint density at radius 2 is 2.05 bits per heavy atom. The number of fused-ring (bicyclic) bond motifs is 1. The highest BCUT2D eigenvalue weighted by Gasteiger charge is 2.56. The maximum atomic E-state index is 12.7. The SMILES string of the molecule is O=S1c2c(nc(Cl)nc2NC2(CO)CCC2)CC12CC2. The molecule has 0 amide bonds. The summed E-state index contributed by atoms with van der Waals surface area (Å²) in [5.41, 5.74) is 0.491. The molecule has 2 aliphatic carbocycles. The van der Waals surface area contributed by atoms with Crippen LogP contribution in [0.3, 0.4) is 0 Å². The summed E-state index contributed by atoms with van der Waals surface area (Å²) >= 11 is 6.00. The molecule has 7 heteroatoms. The van der Waals surface area contributed by atoms with Crippen LogP contribution in [0, 0.1) is 0 Å². The first-order chi connectivity index (χ1) is 9.57. The number of hydrogen-bond donors (Lipinski definition) is 2. The van der Waals surface area contributed by atoms with Gasteiger partial charge in [-0.15, -0.1) is 0 Å². The largest absolute Gasteiger partial charge is 0.394 e. The van der Waals surface area contributed by atoms with Crippen LogP contribution in [0.5, 0.6) is 0 Å². The van der Waals surface area contributed by atoms with Gasteiger partial charge in [-0.25, -0.2) is 4.98 Å². The lowest BCUT2D eigenvalue weighted by Crippen LogP contribution is -2.48. The van der Waals surface area contributed by atoms with Crippen LogP contribution in [0.25, 0.3) is 0 Å². The summed E-state index contributed by atoms with van der Waals surface area (Å²) in [5, 5.41) is 13.1. The molecule has 2 N–H and O–H groups in total. The third-order valence-corrected chi connectivity index (χ3v) is 7.09. The van der Waals surface area contributed by atoms with Gasteiger partial charge in [0.2, 0.25) is 5.28 Å². The molecule has 108 valence electrons. The summed E-state index contributed by atoms with van der Waals surface area (Å²) in [5.74, 6) is 0.566. The van der Waals surface area contributed by atoms with Crippen molar-refractivity contribution in [3.05, 3.63) is 11.0 Å². The molecule has 0 bridgehead atoms. The number of nitrogens with one attached hydrogen (secondary N) is 1. The second-order valence-electron chi connectivity index (χ2n) is 6.16. The van der Waals surface area contributed by atoms with E-state index in [0.29, 0.717) is 10.7 Å². The van der Waals surface area contributed by atoms with Gasteiger partial charge in [0.15, 0.2) is 0 Å². The van der Waals surface area contributed by atoms with Gasteiger partial charge in [0.25, 0.3) is 0 Å². The zero-order valence-corrected chi connectivity index (χ0v) is 12.6. The monoisotopic (exact) mass is 313 g/mol. The first-order valence-corrected chi connectivity index (χ1v) is 8.48. The van der Waals surface area contributed by atoms with Crippen molar-refractivity contribution in [1.29, 1.82) is 0 Å². The van der Waals surface area contributed by atoms with Crippen molar-refractivity contribution < 1.29 is 9.32 Å². The van der Waals surface area contributed by atoms with Crippen LogP contribution in [0.15, 0.2) is 4.90 Å². The molecule has 1 aliphatic heterocycles. The molecule has 1 unspecified atom stereocenters. The van der Waals surface area contributed by atoms with Crippen molar-refractivity contribution in [3.8, 4) is 0 Å². The molecule has 2 saturated carbocycles. The third kappa shape index (κ3) is 1.74. The Morgan fingerprint density at radius 1 is 1.30 bits per heavy atom. The maximum Gasteiger partial charge on any atom is 0.224 e. The van der Waals surface area contributed by atoms with E-state index in [1.54, 1.807) is 0 Å².